The summed E-state index contributed by atoms with van der Waals surface area (Å²) in [5, 5.41) is 0. The SMILES string of the molecule is COC=C(O[Si](C)(C)C)O[Si](C)(C)C. The van der Waals surface area contributed by atoms with Gasteiger partial charge in [0.15, 0.2) is 6.26 Å². The Morgan fingerprint density at radius 1 is 0.857 bits per heavy atom. The molecule has 0 aliphatic heterocycles. The molecule has 3 nitrogen and oxygen atoms in total. The molecule has 14 heavy (non-hydrogen) atoms. The minimum atomic E-state index is -1.61. The van der Waals surface area contributed by atoms with Crippen molar-refractivity contribution in [2.45, 2.75) is 39.3 Å². The molecule has 0 heterocycles. The van der Waals surface area contributed by atoms with Gasteiger partial charge in [-0.2, -0.15) is 0 Å². The third-order valence-electron chi connectivity index (χ3n) is 1.03. The Labute approximate surface area is 89.3 Å². The third-order valence-corrected chi connectivity index (χ3v) is 2.65. The van der Waals surface area contributed by atoms with Crippen LogP contribution in [0.4, 0.5) is 0 Å². The molecule has 0 aliphatic carbocycles. The highest BCUT2D eigenvalue weighted by molar-refractivity contribution is 6.71. The Hall–Kier alpha value is -0.426. The van der Waals surface area contributed by atoms with Gasteiger partial charge in [-0.25, -0.2) is 0 Å². The first-order valence-electron chi connectivity index (χ1n) is 4.75. The Balaban J connectivity index is 4.41. The van der Waals surface area contributed by atoms with Crippen molar-refractivity contribution in [2.75, 3.05) is 7.11 Å². The lowest BCUT2D eigenvalue weighted by Gasteiger charge is -2.26. The van der Waals surface area contributed by atoms with Gasteiger partial charge < -0.3 is 13.6 Å². The second-order valence-electron chi connectivity index (χ2n) is 5.10. The van der Waals surface area contributed by atoms with E-state index in [2.05, 4.69) is 39.3 Å². The van der Waals surface area contributed by atoms with Crippen molar-refractivity contribution in [2.24, 2.45) is 0 Å². The molecule has 5 heteroatoms. The van der Waals surface area contributed by atoms with Crippen molar-refractivity contribution in [3.63, 3.8) is 0 Å². The van der Waals surface area contributed by atoms with Crippen molar-refractivity contribution in [1.82, 2.24) is 0 Å². The fraction of sp³-hybridized carbons (Fsp3) is 0.778. The lowest BCUT2D eigenvalue weighted by Crippen LogP contribution is -2.31. The van der Waals surface area contributed by atoms with E-state index >= 15 is 0 Å². The first-order valence-corrected chi connectivity index (χ1v) is 11.6. The second kappa shape index (κ2) is 4.88. The van der Waals surface area contributed by atoms with Gasteiger partial charge in [0, 0.05) is 0 Å². The van der Waals surface area contributed by atoms with E-state index in [-0.39, 0.29) is 0 Å². The van der Waals surface area contributed by atoms with Crippen LogP contribution in [0.2, 0.25) is 39.3 Å². The van der Waals surface area contributed by atoms with Crippen LogP contribution in [0.5, 0.6) is 0 Å². The standard InChI is InChI=1S/C9H22O3Si2/c1-10-8-9(11-13(2,3)4)12-14(5,6)7/h8H,1-7H3. The lowest BCUT2D eigenvalue weighted by atomic mass is 11.0. The molecule has 0 fully saturated rings. The molecule has 0 N–H and O–H groups in total. The average molecular weight is 234 g/mol. The predicted molar refractivity (Wildman–Crippen MR) is 64.0 cm³/mol. The molecule has 0 rings (SSSR count). The largest absolute Gasteiger partial charge is 0.518 e. The predicted octanol–water partition coefficient (Wildman–Crippen LogP) is 3.13. The van der Waals surface area contributed by atoms with Gasteiger partial charge in [0.25, 0.3) is 5.95 Å². The molecule has 0 aromatic carbocycles. The topological polar surface area (TPSA) is 27.7 Å². The normalized spacial score (nSPS) is 11.9. The van der Waals surface area contributed by atoms with E-state index in [0.29, 0.717) is 5.95 Å². The zero-order valence-corrected chi connectivity index (χ0v) is 12.3. The van der Waals surface area contributed by atoms with E-state index in [1.165, 1.54) is 6.26 Å². The van der Waals surface area contributed by atoms with Crippen LogP contribution in [0.25, 0.3) is 0 Å². The monoisotopic (exact) mass is 234 g/mol. The third kappa shape index (κ3) is 8.18. The van der Waals surface area contributed by atoms with E-state index < -0.39 is 16.6 Å². The van der Waals surface area contributed by atoms with Crippen LogP contribution in [0.3, 0.4) is 0 Å². The summed E-state index contributed by atoms with van der Waals surface area (Å²) in [6.45, 7) is 12.7. The molecule has 0 bridgehead atoms. The van der Waals surface area contributed by atoms with Crippen molar-refractivity contribution in [3.8, 4) is 0 Å². The number of hydrogen-bond donors (Lipinski definition) is 0. The molecule has 0 aliphatic rings. The van der Waals surface area contributed by atoms with Crippen LogP contribution in [0.1, 0.15) is 0 Å². The van der Waals surface area contributed by atoms with Gasteiger partial charge in [-0.1, -0.05) is 0 Å². The van der Waals surface area contributed by atoms with E-state index in [0.717, 1.165) is 0 Å². The molecule has 0 aromatic heterocycles. The summed E-state index contributed by atoms with van der Waals surface area (Å²) in [6.07, 6.45) is 1.54. The van der Waals surface area contributed by atoms with Crippen LogP contribution in [-0.4, -0.2) is 23.7 Å². The van der Waals surface area contributed by atoms with Gasteiger partial charge in [-0.3, -0.25) is 0 Å². The number of methoxy groups -OCH3 is 1. The highest BCUT2D eigenvalue weighted by Gasteiger charge is 2.24. The molecular formula is C9H22O3Si2. The molecule has 0 atom stereocenters. The van der Waals surface area contributed by atoms with Crippen LogP contribution < -0.4 is 0 Å². The average Bonchev–Trinajstić information content (AvgIpc) is 1.78. The van der Waals surface area contributed by atoms with Gasteiger partial charge in [0.2, 0.25) is 16.6 Å². The van der Waals surface area contributed by atoms with Crippen molar-refractivity contribution in [1.29, 1.82) is 0 Å². The highest BCUT2D eigenvalue weighted by Crippen LogP contribution is 2.16. The fourth-order valence-electron chi connectivity index (χ4n) is 0.769. The van der Waals surface area contributed by atoms with Crippen LogP contribution >= 0.6 is 0 Å². The molecule has 84 valence electrons. The van der Waals surface area contributed by atoms with E-state index in [4.69, 9.17) is 13.6 Å². The smallest absolute Gasteiger partial charge is 0.287 e. The zero-order valence-electron chi connectivity index (χ0n) is 10.3. The van der Waals surface area contributed by atoms with Crippen molar-refractivity contribution >= 4 is 16.6 Å². The van der Waals surface area contributed by atoms with Gasteiger partial charge >= 0.3 is 0 Å². The summed E-state index contributed by atoms with van der Waals surface area (Å²) in [5.74, 6) is 0.533. The van der Waals surface area contributed by atoms with Gasteiger partial charge in [-0.15, -0.1) is 0 Å². The molecular weight excluding hydrogens is 212 g/mol. The Bertz CT molecular complexity index is 183. The van der Waals surface area contributed by atoms with Gasteiger partial charge in [-0.05, 0) is 39.3 Å². The second-order valence-corrected chi connectivity index (χ2v) is 14.0. The quantitative estimate of drug-likeness (QED) is 0.540. The van der Waals surface area contributed by atoms with E-state index in [1.54, 1.807) is 7.11 Å². The van der Waals surface area contributed by atoms with Crippen LogP contribution in [-0.2, 0) is 13.6 Å². The highest BCUT2D eigenvalue weighted by atomic mass is 28.4. The summed E-state index contributed by atoms with van der Waals surface area (Å²) in [5.41, 5.74) is 0. The van der Waals surface area contributed by atoms with Gasteiger partial charge in [0.1, 0.15) is 0 Å². The number of ether oxygens (including phenoxy) is 1. The summed E-state index contributed by atoms with van der Waals surface area (Å²) in [7, 11) is -1.62. The minimum absolute atomic E-state index is 0.533. The molecule has 0 aromatic rings. The van der Waals surface area contributed by atoms with E-state index in [9.17, 15) is 0 Å². The van der Waals surface area contributed by atoms with Gasteiger partial charge in [0.05, 0.1) is 7.11 Å². The Morgan fingerprint density at radius 2 is 1.21 bits per heavy atom. The minimum Gasteiger partial charge on any atom is -0.518 e. The summed E-state index contributed by atoms with van der Waals surface area (Å²) >= 11 is 0. The zero-order chi connectivity index (χ0) is 11.4. The number of rotatable bonds is 5. The maximum Gasteiger partial charge on any atom is 0.287 e. The van der Waals surface area contributed by atoms with Crippen LogP contribution in [0, 0.1) is 0 Å². The van der Waals surface area contributed by atoms with Crippen LogP contribution in [0.15, 0.2) is 12.2 Å². The summed E-state index contributed by atoms with van der Waals surface area (Å²) in [6, 6.07) is 0. The first kappa shape index (κ1) is 13.6. The fourth-order valence-corrected chi connectivity index (χ4v) is 2.24. The Morgan fingerprint density at radius 3 is 1.43 bits per heavy atom. The Kier molecular flexibility index (Phi) is 4.73. The molecule has 0 unspecified atom stereocenters. The molecule has 0 spiro atoms. The van der Waals surface area contributed by atoms with Crippen molar-refractivity contribution in [3.05, 3.63) is 12.2 Å². The van der Waals surface area contributed by atoms with E-state index in [1.807, 2.05) is 0 Å². The summed E-state index contributed by atoms with van der Waals surface area (Å²) in [4.78, 5) is 0. The van der Waals surface area contributed by atoms with Crippen molar-refractivity contribution < 1.29 is 13.6 Å². The maximum absolute atomic E-state index is 5.74. The summed E-state index contributed by atoms with van der Waals surface area (Å²) < 4.78 is 16.4. The molecule has 0 saturated heterocycles. The molecule has 0 radical (unpaired) electrons. The molecule has 0 amide bonds. The maximum atomic E-state index is 5.74. The first-order chi connectivity index (χ1) is 6.14. The molecule has 0 saturated carbocycles. The number of hydrogen-bond acceptors (Lipinski definition) is 3. The lowest BCUT2D eigenvalue weighted by molar-refractivity contribution is 0.184.